The van der Waals surface area contributed by atoms with Gasteiger partial charge in [-0.1, -0.05) is 35.5 Å². The fourth-order valence-electron chi connectivity index (χ4n) is 3.06. The van der Waals surface area contributed by atoms with Gasteiger partial charge in [0.1, 0.15) is 5.84 Å². The Morgan fingerprint density at radius 1 is 1.29 bits per heavy atom. The van der Waals surface area contributed by atoms with Gasteiger partial charge in [-0.05, 0) is 25.3 Å². The molecular weight excluding hydrogens is 266 g/mol. The van der Waals surface area contributed by atoms with E-state index in [-0.39, 0.29) is 0 Å². The number of hydrogen-bond acceptors (Lipinski definition) is 5. The minimum atomic E-state index is -1.34. The number of aliphatic hydroxyl groups is 1. The summed E-state index contributed by atoms with van der Waals surface area (Å²) in [6.45, 7) is 1.88. The summed E-state index contributed by atoms with van der Waals surface area (Å²) in [5, 5.41) is 14.9. The van der Waals surface area contributed by atoms with Gasteiger partial charge in [0, 0.05) is 14.1 Å². The first-order valence-corrected chi connectivity index (χ1v) is 7.22. The van der Waals surface area contributed by atoms with Crippen molar-refractivity contribution in [2.24, 2.45) is 10.1 Å². The van der Waals surface area contributed by atoms with Gasteiger partial charge in [-0.3, -0.25) is 4.99 Å². The van der Waals surface area contributed by atoms with Crippen LogP contribution in [-0.4, -0.2) is 47.0 Å². The van der Waals surface area contributed by atoms with Gasteiger partial charge in [0.2, 0.25) is 0 Å². The van der Waals surface area contributed by atoms with Crippen molar-refractivity contribution in [1.29, 1.82) is 0 Å². The van der Waals surface area contributed by atoms with Gasteiger partial charge in [-0.2, -0.15) is 0 Å². The third-order valence-electron chi connectivity index (χ3n) is 4.43. The lowest BCUT2D eigenvalue weighted by Crippen LogP contribution is -2.51. The molecule has 0 bridgehead atoms. The molecule has 1 N–H and O–H groups in total. The summed E-state index contributed by atoms with van der Waals surface area (Å²) in [6.07, 6.45) is 1.87. The van der Waals surface area contributed by atoms with Crippen molar-refractivity contribution in [2.45, 2.75) is 37.5 Å². The molecule has 2 heterocycles. The molecule has 2 aliphatic heterocycles. The third-order valence-corrected chi connectivity index (χ3v) is 4.43. The van der Waals surface area contributed by atoms with Crippen LogP contribution >= 0.6 is 0 Å². The Labute approximate surface area is 124 Å². The number of amidine groups is 1. The zero-order valence-corrected chi connectivity index (χ0v) is 12.7. The van der Waals surface area contributed by atoms with Crippen molar-refractivity contribution in [3.63, 3.8) is 0 Å². The lowest BCUT2D eigenvalue weighted by molar-refractivity contribution is -0.203. The zero-order valence-electron chi connectivity index (χ0n) is 12.7. The lowest BCUT2D eigenvalue weighted by atomic mass is 9.81. The summed E-state index contributed by atoms with van der Waals surface area (Å²) < 4.78 is 0. The standard InChI is InChI=1S/C16H21N3O2/c1-12-15(10-9-13-7-5-4-6-8-13)16(20,21-18-12)11-14(17-15)19(2)3/h4-8,20H,9-11H2,1-3H3/t15-,16+/m0/s1. The number of rotatable bonds is 3. The van der Waals surface area contributed by atoms with Crippen molar-refractivity contribution in [1.82, 2.24) is 4.90 Å². The van der Waals surface area contributed by atoms with Crippen LogP contribution in [0, 0.1) is 0 Å². The molecule has 0 saturated heterocycles. The van der Waals surface area contributed by atoms with Crippen LogP contribution in [0.4, 0.5) is 0 Å². The molecule has 0 radical (unpaired) electrons. The molecule has 21 heavy (non-hydrogen) atoms. The molecule has 0 aliphatic carbocycles. The van der Waals surface area contributed by atoms with E-state index in [9.17, 15) is 5.11 Å². The average Bonchev–Trinajstić information content (AvgIpc) is 2.90. The summed E-state index contributed by atoms with van der Waals surface area (Å²) in [5.41, 5.74) is 1.21. The average molecular weight is 287 g/mol. The molecule has 0 fully saturated rings. The van der Waals surface area contributed by atoms with Gasteiger partial charge in [-0.25, -0.2) is 0 Å². The number of nitrogens with zero attached hydrogens (tertiary/aromatic N) is 3. The van der Waals surface area contributed by atoms with E-state index in [1.807, 2.05) is 44.1 Å². The van der Waals surface area contributed by atoms with E-state index in [0.29, 0.717) is 12.8 Å². The second kappa shape index (κ2) is 4.84. The van der Waals surface area contributed by atoms with Crippen LogP contribution in [0.25, 0.3) is 0 Å². The Morgan fingerprint density at radius 2 is 2.00 bits per heavy atom. The number of oxime groups is 1. The van der Waals surface area contributed by atoms with Crippen LogP contribution in [0.3, 0.4) is 0 Å². The zero-order chi connectivity index (χ0) is 15.1. The quantitative estimate of drug-likeness (QED) is 0.922. The van der Waals surface area contributed by atoms with Crippen LogP contribution in [0.2, 0.25) is 0 Å². The fraction of sp³-hybridized carbons (Fsp3) is 0.500. The SMILES string of the molecule is CC1=NO[C@]2(O)CC(N(C)C)=N[C@@]12CCc1ccccc1. The van der Waals surface area contributed by atoms with E-state index >= 15 is 0 Å². The molecule has 0 saturated carbocycles. The first-order chi connectivity index (χ1) is 9.97. The van der Waals surface area contributed by atoms with Gasteiger partial charge in [0.25, 0.3) is 5.79 Å². The molecule has 2 aliphatic rings. The molecule has 112 valence electrons. The summed E-state index contributed by atoms with van der Waals surface area (Å²) in [4.78, 5) is 12.1. The number of fused-ring (bicyclic) bond motifs is 1. The topological polar surface area (TPSA) is 57.4 Å². The van der Waals surface area contributed by atoms with Crippen LogP contribution in [0.15, 0.2) is 40.5 Å². The molecule has 0 spiro atoms. The molecule has 5 heteroatoms. The highest BCUT2D eigenvalue weighted by atomic mass is 16.7. The molecule has 0 amide bonds. The van der Waals surface area contributed by atoms with E-state index < -0.39 is 11.3 Å². The molecule has 1 aromatic rings. The molecule has 1 aromatic carbocycles. The summed E-state index contributed by atoms with van der Waals surface area (Å²) in [5.74, 6) is -0.495. The predicted molar refractivity (Wildman–Crippen MR) is 82.4 cm³/mol. The third kappa shape index (κ3) is 2.12. The maximum atomic E-state index is 10.9. The van der Waals surface area contributed by atoms with Crippen molar-refractivity contribution < 1.29 is 9.94 Å². The molecule has 5 nitrogen and oxygen atoms in total. The lowest BCUT2D eigenvalue weighted by Gasteiger charge is -2.31. The van der Waals surface area contributed by atoms with E-state index in [0.717, 1.165) is 18.0 Å². The van der Waals surface area contributed by atoms with Gasteiger partial charge in [0.15, 0.2) is 5.54 Å². The van der Waals surface area contributed by atoms with Crippen LogP contribution in [0.5, 0.6) is 0 Å². The highest BCUT2D eigenvalue weighted by Crippen LogP contribution is 2.46. The summed E-state index contributed by atoms with van der Waals surface area (Å²) in [6, 6.07) is 10.2. The van der Waals surface area contributed by atoms with E-state index in [4.69, 9.17) is 9.83 Å². The van der Waals surface area contributed by atoms with Gasteiger partial charge in [-0.15, -0.1) is 0 Å². The molecule has 2 atom stereocenters. The van der Waals surface area contributed by atoms with Crippen LogP contribution in [0.1, 0.15) is 25.3 Å². The molecule has 3 rings (SSSR count). The van der Waals surface area contributed by atoms with Crippen LogP contribution < -0.4 is 0 Å². The Hall–Kier alpha value is -1.88. The second-order valence-electron chi connectivity index (χ2n) is 6.00. The predicted octanol–water partition coefficient (Wildman–Crippen LogP) is 1.82. The number of benzene rings is 1. The first kappa shape index (κ1) is 14.1. The maximum Gasteiger partial charge on any atom is 0.272 e. The fourth-order valence-corrected chi connectivity index (χ4v) is 3.06. The smallest absolute Gasteiger partial charge is 0.272 e. The van der Waals surface area contributed by atoms with E-state index in [2.05, 4.69) is 17.3 Å². The van der Waals surface area contributed by atoms with Crippen molar-refractivity contribution in [3.8, 4) is 0 Å². The summed E-state index contributed by atoms with van der Waals surface area (Å²) >= 11 is 0. The normalized spacial score (nSPS) is 30.5. The molecule has 0 aromatic heterocycles. The highest BCUT2D eigenvalue weighted by molar-refractivity contribution is 6.00. The number of aryl methyl sites for hydroxylation is 1. The number of aliphatic imine (C=N–C) groups is 1. The largest absolute Gasteiger partial charge is 0.366 e. The Kier molecular flexibility index (Phi) is 3.24. The highest BCUT2D eigenvalue weighted by Gasteiger charge is 2.63. The van der Waals surface area contributed by atoms with Gasteiger partial charge < -0.3 is 14.8 Å². The molecular formula is C16H21N3O2. The Bertz CT molecular complexity index is 597. The summed E-state index contributed by atoms with van der Waals surface area (Å²) in [7, 11) is 3.86. The van der Waals surface area contributed by atoms with E-state index in [1.165, 1.54) is 5.56 Å². The van der Waals surface area contributed by atoms with Crippen molar-refractivity contribution >= 4 is 11.5 Å². The van der Waals surface area contributed by atoms with Crippen molar-refractivity contribution in [2.75, 3.05) is 14.1 Å². The second-order valence-corrected chi connectivity index (χ2v) is 6.00. The van der Waals surface area contributed by atoms with Gasteiger partial charge >= 0.3 is 0 Å². The monoisotopic (exact) mass is 287 g/mol. The minimum Gasteiger partial charge on any atom is -0.366 e. The first-order valence-electron chi connectivity index (χ1n) is 7.22. The van der Waals surface area contributed by atoms with Crippen LogP contribution in [-0.2, 0) is 11.3 Å². The van der Waals surface area contributed by atoms with E-state index in [1.54, 1.807) is 0 Å². The maximum absolute atomic E-state index is 10.9. The Balaban J connectivity index is 1.89. The molecule has 0 unspecified atom stereocenters. The number of hydrogen-bond donors (Lipinski definition) is 1. The Morgan fingerprint density at radius 3 is 2.67 bits per heavy atom. The minimum absolute atomic E-state index is 0.371. The van der Waals surface area contributed by atoms with Gasteiger partial charge in [0.05, 0.1) is 12.1 Å². The van der Waals surface area contributed by atoms with Crippen molar-refractivity contribution in [3.05, 3.63) is 35.9 Å².